The molecule has 0 aromatic heterocycles. The molecule has 2 aromatic carbocycles. The lowest BCUT2D eigenvalue weighted by Crippen LogP contribution is -2.05. The van der Waals surface area contributed by atoms with Crippen LogP contribution >= 0.6 is 34.2 Å². The van der Waals surface area contributed by atoms with Gasteiger partial charge in [0.25, 0.3) is 0 Å². The van der Waals surface area contributed by atoms with Gasteiger partial charge >= 0.3 is 5.97 Å². The van der Waals surface area contributed by atoms with Crippen molar-refractivity contribution >= 4 is 52.1 Å². The third kappa shape index (κ3) is 5.39. The van der Waals surface area contributed by atoms with Crippen molar-refractivity contribution in [2.45, 2.75) is 13.8 Å². The lowest BCUT2D eigenvalue weighted by atomic mass is 10.1. The lowest BCUT2D eigenvalue weighted by Gasteiger charge is -2.14. The highest BCUT2D eigenvalue weighted by Gasteiger charge is 2.24. The summed E-state index contributed by atoms with van der Waals surface area (Å²) in [6, 6.07) is 11.0. The van der Waals surface area contributed by atoms with E-state index in [0.29, 0.717) is 35.3 Å². The van der Waals surface area contributed by atoms with Gasteiger partial charge in [-0.25, -0.2) is 9.79 Å². The van der Waals surface area contributed by atoms with Gasteiger partial charge in [-0.05, 0) is 84.0 Å². The molecule has 0 unspecified atom stereocenters. The number of carbonyl (C=O) groups is 1. The Hall–Kier alpha value is -2.32. The summed E-state index contributed by atoms with van der Waals surface area (Å²) in [5, 5.41) is 0.372. The second-order valence-corrected chi connectivity index (χ2v) is 8.01. The second kappa shape index (κ2) is 9.45. The Morgan fingerprint density at radius 3 is 2.79 bits per heavy atom. The average Bonchev–Trinajstić information content (AvgIpc) is 3.02. The van der Waals surface area contributed by atoms with Crippen molar-refractivity contribution in [3.05, 3.63) is 74.0 Å². The normalized spacial score (nSPS) is 14.6. The number of nitrogens with zero attached hydrogens (tertiary/aromatic N) is 1. The fourth-order valence-corrected chi connectivity index (χ4v) is 3.40. The molecule has 0 saturated heterocycles. The zero-order valence-corrected chi connectivity index (χ0v) is 18.9. The summed E-state index contributed by atoms with van der Waals surface area (Å²) in [4.78, 5) is 16.6. The quantitative estimate of drug-likeness (QED) is 0.204. The smallest absolute Gasteiger partial charge is 0.363 e. The first kappa shape index (κ1) is 21.4. The summed E-state index contributed by atoms with van der Waals surface area (Å²) >= 11 is 8.59. The number of rotatable bonds is 7. The Bertz CT molecular complexity index is 1030. The van der Waals surface area contributed by atoms with Crippen LogP contribution in [0.15, 0.2) is 59.2 Å². The molecule has 2 aromatic rings. The van der Waals surface area contributed by atoms with E-state index in [-0.39, 0.29) is 11.6 Å². The van der Waals surface area contributed by atoms with Gasteiger partial charge in [0.1, 0.15) is 6.61 Å². The molecule has 3 rings (SSSR count). The van der Waals surface area contributed by atoms with Crippen LogP contribution in [-0.4, -0.2) is 25.1 Å². The Morgan fingerprint density at radius 2 is 2.10 bits per heavy atom. The maximum absolute atomic E-state index is 12.3. The minimum absolute atomic E-state index is 0.188. The van der Waals surface area contributed by atoms with Gasteiger partial charge in [-0.3, -0.25) is 0 Å². The van der Waals surface area contributed by atoms with Crippen LogP contribution in [0.4, 0.5) is 0 Å². The van der Waals surface area contributed by atoms with Crippen LogP contribution in [-0.2, 0) is 9.53 Å². The molecule has 150 valence electrons. The van der Waals surface area contributed by atoms with Crippen LogP contribution in [0.2, 0.25) is 5.02 Å². The van der Waals surface area contributed by atoms with E-state index in [2.05, 4.69) is 34.2 Å². The standard InChI is InChI=1S/C22H19ClINO4/c1-4-27-19-10-14(8-17(23)20(19)28-12-13(2)3)9-18-22(26)29-21(25-18)15-6-5-7-16(24)11-15/h5-11H,2,4,12H2,1,3H3/b18-9+. The monoisotopic (exact) mass is 523 g/mol. The highest BCUT2D eigenvalue weighted by Crippen LogP contribution is 2.38. The molecule has 1 aliphatic rings. The molecule has 0 radical (unpaired) electrons. The molecule has 1 aliphatic heterocycles. The van der Waals surface area contributed by atoms with Crippen molar-refractivity contribution in [2.24, 2.45) is 4.99 Å². The summed E-state index contributed by atoms with van der Waals surface area (Å²) < 4.78 is 17.7. The molecule has 0 saturated carbocycles. The van der Waals surface area contributed by atoms with E-state index in [0.717, 1.165) is 14.7 Å². The number of ether oxygens (including phenoxy) is 3. The third-order valence-corrected chi connectivity index (χ3v) is 4.74. The number of benzene rings is 2. The number of halogens is 2. The van der Waals surface area contributed by atoms with Gasteiger partial charge in [-0.1, -0.05) is 24.2 Å². The van der Waals surface area contributed by atoms with E-state index in [1.165, 1.54) is 0 Å². The first-order chi connectivity index (χ1) is 13.9. The molecule has 0 amide bonds. The SMILES string of the molecule is C=C(C)COc1c(Cl)cc(/C=C2/N=C(c3cccc(I)c3)OC2=O)cc1OCC. The van der Waals surface area contributed by atoms with E-state index in [1.54, 1.807) is 18.2 Å². The molecule has 5 nitrogen and oxygen atoms in total. The summed E-state index contributed by atoms with van der Waals surface area (Å²) in [6.45, 7) is 8.32. The molecule has 0 N–H and O–H groups in total. The van der Waals surface area contributed by atoms with Crippen molar-refractivity contribution in [3.63, 3.8) is 0 Å². The second-order valence-electron chi connectivity index (χ2n) is 6.36. The maximum Gasteiger partial charge on any atom is 0.363 e. The first-order valence-corrected chi connectivity index (χ1v) is 10.3. The van der Waals surface area contributed by atoms with Gasteiger partial charge in [0, 0.05) is 9.13 Å². The zero-order chi connectivity index (χ0) is 21.0. The van der Waals surface area contributed by atoms with E-state index in [9.17, 15) is 4.79 Å². The highest BCUT2D eigenvalue weighted by molar-refractivity contribution is 14.1. The zero-order valence-electron chi connectivity index (χ0n) is 16.0. The Labute approximate surface area is 188 Å². The number of hydrogen-bond acceptors (Lipinski definition) is 5. The number of carbonyl (C=O) groups excluding carboxylic acids is 1. The van der Waals surface area contributed by atoms with Crippen molar-refractivity contribution in [2.75, 3.05) is 13.2 Å². The van der Waals surface area contributed by atoms with Gasteiger partial charge in [0.2, 0.25) is 5.90 Å². The molecular weight excluding hydrogens is 505 g/mol. The van der Waals surface area contributed by atoms with E-state index >= 15 is 0 Å². The van der Waals surface area contributed by atoms with Crippen molar-refractivity contribution in [1.82, 2.24) is 0 Å². The molecule has 0 bridgehead atoms. The fourth-order valence-electron chi connectivity index (χ4n) is 2.58. The Morgan fingerprint density at radius 1 is 1.31 bits per heavy atom. The highest BCUT2D eigenvalue weighted by atomic mass is 127. The summed E-state index contributed by atoms with van der Waals surface area (Å²) in [5.74, 6) is 0.685. The van der Waals surface area contributed by atoms with Gasteiger partial charge in [0.05, 0.1) is 11.6 Å². The summed E-state index contributed by atoms with van der Waals surface area (Å²) in [7, 11) is 0. The van der Waals surface area contributed by atoms with E-state index in [4.69, 9.17) is 25.8 Å². The van der Waals surface area contributed by atoms with Crippen LogP contribution in [0.3, 0.4) is 0 Å². The topological polar surface area (TPSA) is 57.1 Å². The molecule has 7 heteroatoms. The Balaban J connectivity index is 1.94. The van der Waals surface area contributed by atoms with Crippen LogP contribution in [0, 0.1) is 3.57 Å². The van der Waals surface area contributed by atoms with Crippen LogP contribution in [0.1, 0.15) is 25.0 Å². The molecule has 0 atom stereocenters. The third-order valence-electron chi connectivity index (χ3n) is 3.79. The predicted molar refractivity (Wildman–Crippen MR) is 123 cm³/mol. The van der Waals surface area contributed by atoms with Crippen LogP contribution in [0.5, 0.6) is 11.5 Å². The fraction of sp³-hybridized carbons (Fsp3) is 0.182. The molecule has 1 heterocycles. The number of esters is 1. The summed E-state index contributed by atoms with van der Waals surface area (Å²) in [6.07, 6.45) is 1.61. The first-order valence-electron chi connectivity index (χ1n) is 8.89. The van der Waals surface area contributed by atoms with Crippen molar-refractivity contribution < 1.29 is 19.0 Å². The van der Waals surface area contributed by atoms with Gasteiger partial charge in [-0.2, -0.15) is 0 Å². The van der Waals surface area contributed by atoms with Crippen molar-refractivity contribution in [1.29, 1.82) is 0 Å². The number of aliphatic imine (C=N–C) groups is 1. The summed E-state index contributed by atoms with van der Waals surface area (Å²) in [5.41, 5.74) is 2.44. The largest absolute Gasteiger partial charge is 0.490 e. The number of cyclic esters (lactones) is 1. The average molecular weight is 524 g/mol. The predicted octanol–water partition coefficient (Wildman–Crippen LogP) is 5.64. The minimum atomic E-state index is -0.518. The molecule has 29 heavy (non-hydrogen) atoms. The minimum Gasteiger partial charge on any atom is -0.490 e. The maximum atomic E-state index is 12.3. The van der Waals surface area contributed by atoms with E-state index < -0.39 is 5.97 Å². The van der Waals surface area contributed by atoms with Gasteiger partial charge in [-0.15, -0.1) is 0 Å². The van der Waals surface area contributed by atoms with Crippen LogP contribution < -0.4 is 9.47 Å². The number of hydrogen-bond donors (Lipinski definition) is 0. The Kier molecular flexibility index (Phi) is 6.97. The molecule has 0 spiro atoms. The van der Waals surface area contributed by atoms with Gasteiger partial charge in [0.15, 0.2) is 17.2 Å². The molecular formula is C22H19ClINO4. The van der Waals surface area contributed by atoms with Gasteiger partial charge < -0.3 is 14.2 Å². The van der Waals surface area contributed by atoms with Crippen molar-refractivity contribution in [3.8, 4) is 11.5 Å². The lowest BCUT2D eigenvalue weighted by molar-refractivity contribution is -0.129. The van der Waals surface area contributed by atoms with E-state index in [1.807, 2.05) is 38.1 Å². The molecule has 0 aliphatic carbocycles. The molecule has 0 fully saturated rings. The van der Waals surface area contributed by atoms with Crippen LogP contribution in [0.25, 0.3) is 6.08 Å².